The topological polar surface area (TPSA) is 79.1 Å². The first-order valence-electron chi connectivity index (χ1n) is 15.6. The van der Waals surface area contributed by atoms with Crippen molar-refractivity contribution in [2.75, 3.05) is 13.2 Å². The maximum absolute atomic E-state index is 14.2. The Morgan fingerprint density at radius 2 is 1.71 bits per heavy atom. The lowest BCUT2D eigenvalue weighted by molar-refractivity contribution is -0.139. The molecule has 0 fully saturated rings. The molecule has 1 aliphatic rings. The molecular weight excluding hydrogens is 584 g/mol. The standard InChI is InChI=1S/C37H40N2O5S/c1-6-12-29-33(36(41)43-8-3)34(28-18-16-27(17-19-28)24(4)5)39-35(40)32(45-37(39)38-29)22-26-15-20-30(31(21-26)42-7-2)44-23-25-13-10-9-11-14-25/h9-11,13-22,24,34H,6-8,12,23H2,1-5H3/b32-22-/t34-/m1/s1. The summed E-state index contributed by atoms with van der Waals surface area (Å²) in [5, 5.41) is 0. The molecule has 5 rings (SSSR count). The van der Waals surface area contributed by atoms with Gasteiger partial charge in [-0.3, -0.25) is 9.36 Å². The van der Waals surface area contributed by atoms with E-state index >= 15 is 0 Å². The Bertz CT molecular complexity index is 1850. The fourth-order valence-electron chi connectivity index (χ4n) is 5.39. The molecule has 0 radical (unpaired) electrons. The molecule has 0 amide bonds. The van der Waals surface area contributed by atoms with Gasteiger partial charge in [-0.2, -0.15) is 0 Å². The third-order valence-electron chi connectivity index (χ3n) is 7.61. The third-order valence-corrected chi connectivity index (χ3v) is 8.60. The second-order valence-electron chi connectivity index (χ2n) is 11.1. The van der Waals surface area contributed by atoms with Crippen molar-refractivity contribution in [3.8, 4) is 11.5 Å². The first-order valence-corrected chi connectivity index (χ1v) is 16.4. The molecular formula is C37H40N2O5S. The molecule has 3 aromatic carbocycles. The van der Waals surface area contributed by atoms with Gasteiger partial charge in [-0.15, -0.1) is 0 Å². The zero-order valence-corrected chi connectivity index (χ0v) is 27.4. The molecule has 45 heavy (non-hydrogen) atoms. The molecule has 0 saturated heterocycles. The number of rotatable bonds is 12. The first-order chi connectivity index (χ1) is 21.8. The van der Waals surface area contributed by atoms with Crippen LogP contribution in [0.25, 0.3) is 6.08 Å². The molecule has 8 heteroatoms. The van der Waals surface area contributed by atoms with E-state index in [1.807, 2.05) is 73.7 Å². The molecule has 7 nitrogen and oxygen atoms in total. The second-order valence-corrected chi connectivity index (χ2v) is 12.2. The van der Waals surface area contributed by atoms with Crippen molar-refractivity contribution < 1.29 is 19.0 Å². The number of esters is 1. The summed E-state index contributed by atoms with van der Waals surface area (Å²) in [6, 6.07) is 23.1. The van der Waals surface area contributed by atoms with Crippen molar-refractivity contribution in [1.29, 1.82) is 0 Å². The number of carbonyl (C=O) groups excluding carboxylic acids is 1. The minimum atomic E-state index is -0.641. The van der Waals surface area contributed by atoms with Crippen LogP contribution in [0.3, 0.4) is 0 Å². The minimum Gasteiger partial charge on any atom is -0.490 e. The van der Waals surface area contributed by atoms with Gasteiger partial charge in [0.25, 0.3) is 5.56 Å². The monoisotopic (exact) mass is 624 g/mol. The summed E-state index contributed by atoms with van der Waals surface area (Å²) in [6.07, 6.45) is 3.25. The number of benzene rings is 3. The number of allylic oxidation sites excluding steroid dienone is 1. The Labute approximate surface area is 268 Å². The molecule has 4 aromatic rings. The van der Waals surface area contributed by atoms with Crippen LogP contribution in [0.2, 0.25) is 0 Å². The quantitative estimate of drug-likeness (QED) is 0.164. The van der Waals surface area contributed by atoms with Gasteiger partial charge in [0.15, 0.2) is 16.3 Å². The van der Waals surface area contributed by atoms with Gasteiger partial charge in [0.1, 0.15) is 6.61 Å². The molecule has 0 saturated carbocycles. The maximum Gasteiger partial charge on any atom is 0.338 e. The van der Waals surface area contributed by atoms with Gasteiger partial charge in [-0.25, -0.2) is 9.79 Å². The lowest BCUT2D eigenvalue weighted by atomic mass is 9.92. The van der Waals surface area contributed by atoms with E-state index in [1.54, 1.807) is 11.5 Å². The average molecular weight is 625 g/mol. The normalized spacial score (nSPS) is 14.7. The van der Waals surface area contributed by atoms with Crippen molar-refractivity contribution >= 4 is 23.4 Å². The van der Waals surface area contributed by atoms with Crippen LogP contribution in [0.1, 0.15) is 81.7 Å². The highest BCUT2D eigenvalue weighted by molar-refractivity contribution is 7.07. The van der Waals surface area contributed by atoms with Crippen LogP contribution in [0.15, 0.2) is 93.9 Å². The predicted molar refractivity (Wildman–Crippen MR) is 179 cm³/mol. The third kappa shape index (κ3) is 7.12. The lowest BCUT2D eigenvalue weighted by Gasteiger charge is -2.26. The first kappa shape index (κ1) is 32.0. The van der Waals surface area contributed by atoms with Crippen LogP contribution in [0.4, 0.5) is 0 Å². The zero-order chi connectivity index (χ0) is 31.9. The van der Waals surface area contributed by atoms with Crippen LogP contribution in [-0.4, -0.2) is 23.8 Å². The maximum atomic E-state index is 14.2. The zero-order valence-electron chi connectivity index (χ0n) is 26.5. The molecule has 1 aliphatic heterocycles. The van der Waals surface area contributed by atoms with E-state index in [2.05, 4.69) is 32.9 Å². The van der Waals surface area contributed by atoms with Gasteiger partial charge in [0.05, 0.1) is 35.1 Å². The fraction of sp³-hybridized carbons (Fsp3) is 0.324. The molecule has 0 spiro atoms. The Balaban J connectivity index is 1.60. The smallest absolute Gasteiger partial charge is 0.338 e. The van der Waals surface area contributed by atoms with Crippen LogP contribution in [-0.2, 0) is 16.1 Å². The summed E-state index contributed by atoms with van der Waals surface area (Å²) in [5.41, 5.74) is 4.76. The van der Waals surface area contributed by atoms with E-state index < -0.39 is 12.0 Å². The van der Waals surface area contributed by atoms with Gasteiger partial charge in [0.2, 0.25) is 0 Å². The summed E-state index contributed by atoms with van der Waals surface area (Å²) in [6.45, 7) is 11.2. The van der Waals surface area contributed by atoms with E-state index in [0.717, 1.165) is 23.1 Å². The average Bonchev–Trinajstić information content (AvgIpc) is 3.34. The van der Waals surface area contributed by atoms with Crippen molar-refractivity contribution in [3.63, 3.8) is 0 Å². The Morgan fingerprint density at radius 1 is 0.956 bits per heavy atom. The second kappa shape index (κ2) is 14.6. The van der Waals surface area contributed by atoms with E-state index in [1.165, 1.54) is 16.9 Å². The van der Waals surface area contributed by atoms with Gasteiger partial charge in [-0.1, -0.05) is 99.2 Å². The van der Waals surface area contributed by atoms with Gasteiger partial charge < -0.3 is 14.2 Å². The van der Waals surface area contributed by atoms with Gasteiger partial charge >= 0.3 is 5.97 Å². The predicted octanol–water partition coefficient (Wildman–Crippen LogP) is 6.68. The van der Waals surface area contributed by atoms with Crippen LogP contribution >= 0.6 is 11.3 Å². The molecule has 2 heterocycles. The van der Waals surface area contributed by atoms with Crippen LogP contribution in [0.5, 0.6) is 11.5 Å². The highest BCUT2D eigenvalue weighted by atomic mass is 32.1. The number of fused-ring (bicyclic) bond motifs is 1. The number of thiazole rings is 1. The molecule has 0 unspecified atom stereocenters. The van der Waals surface area contributed by atoms with E-state index in [4.69, 9.17) is 19.2 Å². The number of aromatic nitrogens is 1. The number of hydrogen-bond acceptors (Lipinski definition) is 7. The number of hydrogen-bond donors (Lipinski definition) is 0. The Morgan fingerprint density at radius 3 is 2.38 bits per heavy atom. The van der Waals surface area contributed by atoms with Crippen LogP contribution in [0, 0.1) is 0 Å². The molecule has 1 atom stereocenters. The largest absolute Gasteiger partial charge is 0.490 e. The Hall–Kier alpha value is -4.43. The van der Waals surface area contributed by atoms with Gasteiger partial charge in [-0.05, 0) is 66.6 Å². The summed E-state index contributed by atoms with van der Waals surface area (Å²) in [5.74, 6) is 1.15. The Kier molecular flexibility index (Phi) is 10.4. The van der Waals surface area contributed by atoms with Crippen molar-refractivity contribution in [2.24, 2.45) is 4.99 Å². The lowest BCUT2D eigenvalue weighted by Crippen LogP contribution is -2.40. The summed E-state index contributed by atoms with van der Waals surface area (Å²) < 4.78 is 19.7. The van der Waals surface area contributed by atoms with Crippen molar-refractivity contribution in [3.05, 3.63) is 126 Å². The van der Waals surface area contributed by atoms with E-state index in [9.17, 15) is 9.59 Å². The summed E-state index contributed by atoms with van der Waals surface area (Å²) in [4.78, 5) is 33.0. The molecule has 234 valence electrons. The molecule has 0 bridgehead atoms. The van der Waals surface area contributed by atoms with Crippen LogP contribution < -0.4 is 24.4 Å². The molecule has 1 aromatic heterocycles. The van der Waals surface area contributed by atoms with Crippen molar-refractivity contribution in [2.45, 2.75) is 66.0 Å². The SMILES string of the molecule is CCCC1=C(C(=O)OCC)[C@@H](c2ccc(C(C)C)cc2)n2c(s/c(=C\c3ccc(OCc4ccccc4)c(OCC)c3)c2=O)=N1. The fourth-order valence-corrected chi connectivity index (χ4v) is 6.41. The highest BCUT2D eigenvalue weighted by Crippen LogP contribution is 2.33. The van der Waals surface area contributed by atoms with E-state index in [-0.39, 0.29) is 12.2 Å². The van der Waals surface area contributed by atoms with E-state index in [0.29, 0.717) is 57.7 Å². The van der Waals surface area contributed by atoms with Crippen molar-refractivity contribution in [1.82, 2.24) is 4.57 Å². The minimum absolute atomic E-state index is 0.212. The number of ether oxygens (including phenoxy) is 3. The molecule has 0 N–H and O–H groups in total. The summed E-state index contributed by atoms with van der Waals surface area (Å²) >= 11 is 1.32. The highest BCUT2D eigenvalue weighted by Gasteiger charge is 2.34. The molecule has 0 aliphatic carbocycles. The number of nitrogens with zero attached hydrogens (tertiary/aromatic N) is 2. The number of carbonyl (C=O) groups is 1. The summed E-state index contributed by atoms with van der Waals surface area (Å²) in [7, 11) is 0. The van der Waals surface area contributed by atoms with Gasteiger partial charge in [0, 0.05) is 0 Å².